The lowest BCUT2D eigenvalue weighted by Crippen LogP contribution is -1.96. The van der Waals surface area contributed by atoms with E-state index in [1.165, 1.54) is 93.9 Å². The number of hydrogen-bond acceptors (Lipinski definition) is 2. The van der Waals surface area contributed by atoms with E-state index >= 15 is 0 Å². The Bertz CT molecular complexity index is 1010. The molecule has 3 nitrogen and oxygen atoms in total. The van der Waals surface area contributed by atoms with Crippen LogP contribution in [0.15, 0.2) is 83.8 Å². The summed E-state index contributed by atoms with van der Waals surface area (Å²) in [5.74, 6) is 0. The van der Waals surface area contributed by atoms with E-state index in [-0.39, 0.29) is 4.90 Å². The van der Waals surface area contributed by atoms with Crippen LogP contribution < -0.4 is 0 Å². The van der Waals surface area contributed by atoms with Crippen LogP contribution in [-0.2, 0) is 16.5 Å². The molecule has 6 heteroatoms. The number of halogens is 2. The molecule has 3 aromatic carbocycles. The van der Waals surface area contributed by atoms with Crippen LogP contribution in [0.1, 0.15) is 95.6 Å². The molecule has 0 aliphatic rings. The molecule has 3 rings (SSSR count). The predicted octanol–water partition coefficient (Wildman–Crippen LogP) is 10.8. The summed E-state index contributed by atoms with van der Waals surface area (Å²) in [6, 6.07) is 23.2. The summed E-state index contributed by atoms with van der Waals surface area (Å²) in [5, 5.41) is 1.55. The van der Waals surface area contributed by atoms with E-state index < -0.39 is 10.1 Å². The third kappa shape index (κ3) is 17.6. The minimum Gasteiger partial charge on any atom is -0.282 e. The van der Waals surface area contributed by atoms with Crippen molar-refractivity contribution in [3.63, 3.8) is 0 Å². The van der Waals surface area contributed by atoms with Gasteiger partial charge in [0.1, 0.15) is 0 Å². The summed E-state index contributed by atoms with van der Waals surface area (Å²) in [6.45, 7) is 4.56. The second-order valence-electron chi connectivity index (χ2n) is 9.40. The molecule has 0 saturated carbocycles. The molecule has 0 spiro atoms. The van der Waals surface area contributed by atoms with Gasteiger partial charge in [0.25, 0.3) is 10.1 Å². The van der Waals surface area contributed by atoms with Crippen molar-refractivity contribution >= 4 is 33.3 Å². The molecule has 0 saturated heterocycles. The van der Waals surface area contributed by atoms with Gasteiger partial charge in [-0.05, 0) is 53.9 Å². The summed E-state index contributed by atoms with van der Waals surface area (Å²) in [4.78, 5) is -0.0741. The van der Waals surface area contributed by atoms with E-state index in [0.717, 1.165) is 16.5 Å². The van der Waals surface area contributed by atoms with Crippen molar-refractivity contribution in [3.8, 4) is 0 Å². The second-order valence-corrected chi connectivity index (χ2v) is 11.7. The van der Waals surface area contributed by atoms with Crippen LogP contribution in [0.2, 0.25) is 10.0 Å². The molecule has 210 valence electrons. The zero-order valence-electron chi connectivity index (χ0n) is 22.9. The molecule has 0 aromatic heterocycles. The van der Waals surface area contributed by atoms with Crippen molar-refractivity contribution in [2.24, 2.45) is 0 Å². The smallest absolute Gasteiger partial charge is 0.282 e. The molecule has 0 aliphatic heterocycles. The lowest BCUT2D eigenvalue weighted by molar-refractivity contribution is 0.483. The standard InChI is InChI=1S/C13H10Cl2.C13H28.C6H6O3S/c14-12-5-1-10(2-6-12)9-11-3-7-13(15)8-4-11;1-3-5-7-9-11-13-12-10-8-6-4-2;7-10(8,9)6-4-2-1-3-5-6/h1-8H,9H2;3-13H2,1-2H3;1-5H,(H,7,8,9). The van der Waals surface area contributed by atoms with Crippen molar-refractivity contribution in [3.05, 3.63) is 100 Å². The van der Waals surface area contributed by atoms with Gasteiger partial charge in [-0.1, -0.05) is 150 Å². The van der Waals surface area contributed by atoms with E-state index in [1.807, 2.05) is 48.5 Å². The molecule has 0 heterocycles. The minimum atomic E-state index is -4.00. The van der Waals surface area contributed by atoms with E-state index in [0.29, 0.717) is 0 Å². The van der Waals surface area contributed by atoms with Crippen LogP contribution in [0.5, 0.6) is 0 Å². The highest BCUT2D eigenvalue weighted by Crippen LogP contribution is 2.16. The zero-order chi connectivity index (χ0) is 28.1. The van der Waals surface area contributed by atoms with Crippen LogP contribution in [0.4, 0.5) is 0 Å². The maximum atomic E-state index is 10.4. The SMILES string of the molecule is CCCCCCCCCCCCC.Clc1ccc(Cc2ccc(Cl)cc2)cc1.O=S(=O)(O)c1ccccc1. The van der Waals surface area contributed by atoms with Gasteiger partial charge in [-0.25, -0.2) is 0 Å². The normalized spacial score (nSPS) is 10.7. The van der Waals surface area contributed by atoms with E-state index in [2.05, 4.69) is 13.8 Å². The molecule has 0 unspecified atom stereocenters. The minimum absolute atomic E-state index is 0.0741. The maximum absolute atomic E-state index is 10.4. The van der Waals surface area contributed by atoms with Crippen molar-refractivity contribution in [1.29, 1.82) is 0 Å². The van der Waals surface area contributed by atoms with Gasteiger partial charge in [-0.3, -0.25) is 4.55 Å². The van der Waals surface area contributed by atoms with Crippen molar-refractivity contribution in [1.82, 2.24) is 0 Å². The fourth-order valence-corrected chi connectivity index (χ4v) is 4.52. The first-order valence-electron chi connectivity index (χ1n) is 13.8. The van der Waals surface area contributed by atoms with E-state index in [1.54, 1.807) is 18.2 Å². The fraction of sp³-hybridized carbons (Fsp3) is 0.438. The Balaban J connectivity index is 0.000000291. The number of rotatable bonds is 13. The number of benzene rings is 3. The van der Waals surface area contributed by atoms with Crippen molar-refractivity contribution in [2.75, 3.05) is 0 Å². The van der Waals surface area contributed by atoms with Gasteiger partial charge in [-0.15, -0.1) is 0 Å². The van der Waals surface area contributed by atoms with Gasteiger partial charge < -0.3 is 0 Å². The Morgan fingerprint density at radius 3 is 1.18 bits per heavy atom. The number of unbranched alkanes of at least 4 members (excludes halogenated alkanes) is 10. The van der Waals surface area contributed by atoms with Crippen LogP contribution in [0.25, 0.3) is 0 Å². The Labute approximate surface area is 241 Å². The monoisotopic (exact) mass is 578 g/mol. The summed E-state index contributed by atoms with van der Waals surface area (Å²) in [6.07, 6.45) is 16.8. The third-order valence-corrected chi connectivity index (χ3v) is 7.35. The Hall–Kier alpha value is -1.85. The van der Waals surface area contributed by atoms with Crippen molar-refractivity contribution < 1.29 is 13.0 Å². The molecule has 1 N–H and O–H groups in total. The van der Waals surface area contributed by atoms with Gasteiger partial charge in [-0.2, -0.15) is 8.42 Å². The topological polar surface area (TPSA) is 54.4 Å². The lowest BCUT2D eigenvalue weighted by Gasteiger charge is -2.02. The number of hydrogen-bond donors (Lipinski definition) is 1. The summed E-state index contributed by atoms with van der Waals surface area (Å²) >= 11 is 11.6. The van der Waals surface area contributed by atoms with Crippen LogP contribution in [0, 0.1) is 0 Å². The lowest BCUT2D eigenvalue weighted by atomic mass is 10.1. The van der Waals surface area contributed by atoms with Crippen LogP contribution in [0.3, 0.4) is 0 Å². The van der Waals surface area contributed by atoms with Crippen LogP contribution >= 0.6 is 23.2 Å². The van der Waals surface area contributed by atoms with Gasteiger partial charge in [0.05, 0.1) is 4.90 Å². The highest BCUT2D eigenvalue weighted by molar-refractivity contribution is 7.85. The Kier molecular flexibility index (Phi) is 18.9. The Morgan fingerprint density at radius 1 is 0.553 bits per heavy atom. The van der Waals surface area contributed by atoms with Gasteiger partial charge >= 0.3 is 0 Å². The predicted molar refractivity (Wildman–Crippen MR) is 164 cm³/mol. The second kappa shape index (κ2) is 21.0. The first kappa shape index (κ1) is 34.2. The maximum Gasteiger partial charge on any atom is 0.294 e. The summed E-state index contributed by atoms with van der Waals surface area (Å²) in [5.41, 5.74) is 2.50. The highest BCUT2D eigenvalue weighted by atomic mass is 35.5. The average molecular weight is 580 g/mol. The average Bonchev–Trinajstić information content (AvgIpc) is 2.91. The zero-order valence-corrected chi connectivity index (χ0v) is 25.2. The largest absolute Gasteiger partial charge is 0.294 e. The molecular formula is C32H44Cl2O3S. The van der Waals surface area contributed by atoms with E-state index in [9.17, 15) is 8.42 Å². The Morgan fingerprint density at radius 2 is 0.895 bits per heavy atom. The molecule has 0 radical (unpaired) electrons. The van der Waals surface area contributed by atoms with Crippen LogP contribution in [-0.4, -0.2) is 13.0 Å². The molecule has 0 fully saturated rings. The van der Waals surface area contributed by atoms with Gasteiger partial charge in [0.2, 0.25) is 0 Å². The third-order valence-electron chi connectivity index (χ3n) is 5.98. The van der Waals surface area contributed by atoms with Gasteiger partial charge in [0.15, 0.2) is 0 Å². The summed E-state index contributed by atoms with van der Waals surface area (Å²) in [7, 11) is -4.00. The molecule has 0 atom stereocenters. The molecule has 0 aliphatic carbocycles. The quantitative estimate of drug-likeness (QED) is 0.162. The highest BCUT2D eigenvalue weighted by Gasteiger charge is 2.05. The first-order chi connectivity index (χ1) is 18.3. The van der Waals surface area contributed by atoms with E-state index in [4.69, 9.17) is 27.8 Å². The molecular weight excluding hydrogens is 535 g/mol. The first-order valence-corrected chi connectivity index (χ1v) is 16.0. The molecule has 0 amide bonds. The molecule has 3 aromatic rings. The molecule has 0 bridgehead atoms. The molecule has 38 heavy (non-hydrogen) atoms. The van der Waals surface area contributed by atoms with Gasteiger partial charge in [0, 0.05) is 10.0 Å². The van der Waals surface area contributed by atoms with Crippen molar-refractivity contribution in [2.45, 2.75) is 95.8 Å². The fourth-order valence-electron chi connectivity index (χ4n) is 3.77. The summed E-state index contributed by atoms with van der Waals surface area (Å²) < 4.78 is 29.2.